The van der Waals surface area contributed by atoms with E-state index in [0.29, 0.717) is 0 Å². The highest BCUT2D eigenvalue weighted by Crippen LogP contribution is 1.88. The minimum Gasteiger partial charge on any atom is -0.392 e. The lowest BCUT2D eigenvalue weighted by atomic mass is 10.3. The minimum absolute atomic E-state index is 0.0858. The molecular formula is C8H14O2. The van der Waals surface area contributed by atoms with Crippen molar-refractivity contribution in [3.63, 3.8) is 0 Å². The van der Waals surface area contributed by atoms with Crippen molar-refractivity contribution in [2.24, 2.45) is 0 Å². The van der Waals surface area contributed by atoms with Crippen LogP contribution in [0.25, 0.3) is 0 Å². The molecular weight excluding hydrogens is 128 g/mol. The van der Waals surface area contributed by atoms with Gasteiger partial charge in [-0.3, -0.25) is 0 Å². The molecule has 0 aliphatic rings. The summed E-state index contributed by atoms with van der Waals surface area (Å²) in [5, 5.41) is 17.1. The molecule has 0 saturated carbocycles. The molecule has 1 atom stereocenters. The van der Waals surface area contributed by atoms with Crippen molar-refractivity contribution >= 4 is 0 Å². The third-order valence-corrected chi connectivity index (χ3v) is 0.959. The number of aliphatic hydroxyl groups is 2. The summed E-state index contributed by atoms with van der Waals surface area (Å²) >= 11 is 0. The molecule has 0 aromatic rings. The molecule has 58 valence electrons. The molecule has 0 rings (SSSR count). The average molecular weight is 142 g/mol. The lowest BCUT2D eigenvalue weighted by Crippen LogP contribution is -1.90. The van der Waals surface area contributed by atoms with E-state index in [-0.39, 0.29) is 12.7 Å². The minimum atomic E-state index is -0.373. The molecule has 10 heavy (non-hydrogen) atoms. The van der Waals surface area contributed by atoms with Crippen molar-refractivity contribution in [2.45, 2.75) is 19.4 Å². The van der Waals surface area contributed by atoms with Crippen molar-refractivity contribution in [3.05, 3.63) is 24.3 Å². The van der Waals surface area contributed by atoms with E-state index < -0.39 is 0 Å². The molecule has 0 amide bonds. The van der Waals surface area contributed by atoms with E-state index in [2.05, 4.69) is 0 Å². The van der Waals surface area contributed by atoms with Gasteiger partial charge in [0.15, 0.2) is 0 Å². The molecule has 0 aliphatic heterocycles. The zero-order valence-electron chi connectivity index (χ0n) is 6.20. The van der Waals surface area contributed by atoms with Crippen molar-refractivity contribution in [1.82, 2.24) is 0 Å². The topological polar surface area (TPSA) is 40.5 Å². The third kappa shape index (κ3) is 7.40. The molecule has 0 aliphatic carbocycles. The zero-order chi connectivity index (χ0) is 7.82. The molecule has 2 nitrogen and oxygen atoms in total. The molecule has 0 saturated heterocycles. The molecule has 2 heteroatoms. The second-order valence-corrected chi connectivity index (χ2v) is 2.06. The average Bonchev–Trinajstić information content (AvgIpc) is 1.87. The van der Waals surface area contributed by atoms with Crippen LogP contribution in [0.5, 0.6) is 0 Å². The highest BCUT2D eigenvalue weighted by atomic mass is 16.3. The van der Waals surface area contributed by atoms with Crippen LogP contribution in [0.3, 0.4) is 0 Å². The molecule has 1 unspecified atom stereocenters. The third-order valence-electron chi connectivity index (χ3n) is 0.959. The highest BCUT2D eigenvalue weighted by molar-refractivity contribution is 4.94. The van der Waals surface area contributed by atoms with Gasteiger partial charge in [-0.1, -0.05) is 24.3 Å². The Balaban J connectivity index is 3.26. The fourth-order valence-electron chi connectivity index (χ4n) is 0.525. The smallest absolute Gasteiger partial charge is 0.0692 e. The Labute approximate surface area is 61.5 Å². The maximum Gasteiger partial charge on any atom is 0.0692 e. The molecule has 0 bridgehead atoms. The summed E-state index contributed by atoms with van der Waals surface area (Å²) < 4.78 is 0. The standard InChI is InChI=1S/C8H14O2/c1-8(10)6-4-2-3-5-7-9/h3-6,8-10H,2,7H2,1H3. The summed E-state index contributed by atoms with van der Waals surface area (Å²) in [6.07, 6.45) is 7.48. The van der Waals surface area contributed by atoms with Crippen LogP contribution in [0.1, 0.15) is 13.3 Å². The van der Waals surface area contributed by atoms with Gasteiger partial charge in [0, 0.05) is 0 Å². The first-order valence-corrected chi connectivity index (χ1v) is 3.38. The van der Waals surface area contributed by atoms with E-state index in [9.17, 15) is 0 Å². The van der Waals surface area contributed by atoms with Gasteiger partial charge in [-0.25, -0.2) is 0 Å². The Bertz CT molecular complexity index is 114. The van der Waals surface area contributed by atoms with Crippen LogP contribution < -0.4 is 0 Å². The van der Waals surface area contributed by atoms with Crippen LogP contribution in [0.15, 0.2) is 24.3 Å². The SMILES string of the molecule is CC(O)C=CCC=CCO. The van der Waals surface area contributed by atoms with Crippen LogP contribution in [-0.4, -0.2) is 22.9 Å². The highest BCUT2D eigenvalue weighted by Gasteiger charge is 1.81. The van der Waals surface area contributed by atoms with Crippen LogP contribution in [0, 0.1) is 0 Å². The van der Waals surface area contributed by atoms with Gasteiger partial charge >= 0.3 is 0 Å². The number of rotatable bonds is 4. The molecule has 0 radical (unpaired) electrons. The summed E-state index contributed by atoms with van der Waals surface area (Å²) in [7, 11) is 0. The Kier molecular flexibility index (Phi) is 6.13. The second kappa shape index (κ2) is 6.52. The largest absolute Gasteiger partial charge is 0.392 e. The second-order valence-electron chi connectivity index (χ2n) is 2.06. The number of hydrogen-bond acceptors (Lipinski definition) is 2. The molecule has 0 aromatic heterocycles. The first-order valence-electron chi connectivity index (χ1n) is 3.38. The predicted molar refractivity (Wildman–Crippen MR) is 41.7 cm³/mol. The molecule has 2 N–H and O–H groups in total. The lowest BCUT2D eigenvalue weighted by Gasteiger charge is -1.90. The van der Waals surface area contributed by atoms with Gasteiger partial charge in [0.25, 0.3) is 0 Å². The van der Waals surface area contributed by atoms with Crippen LogP contribution >= 0.6 is 0 Å². The molecule has 0 aromatic carbocycles. The number of aliphatic hydroxyl groups excluding tert-OH is 2. The summed E-state index contributed by atoms with van der Waals surface area (Å²) in [5.74, 6) is 0. The zero-order valence-corrected chi connectivity index (χ0v) is 6.20. The van der Waals surface area contributed by atoms with Gasteiger partial charge in [-0.15, -0.1) is 0 Å². The van der Waals surface area contributed by atoms with Crippen LogP contribution in [-0.2, 0) is 0 Å². The van der Waals surface area contributed by atoms with Gasteiger partial charge < -0.3 is 10.2 Å². The lowest BCUT2D eigenvalue weighted by molar-refractivity contribution is 0.244. The van der Waals surface area contributed by atoms with Gasteiger partial charge in [-0.05, 0) is 13.3 Å². The maximum atomic E-state index is 8.75. The Hall–Kier alpha value is -0.600. The summed E-state index contributed by atoms with van der Waals surface area (Å²) in [5.41, 5.74) is 0. The van der Waals surface area contributed by atoms with Crippen molar-refractivity contribution in [1.29, 1.82) is 0 Å². The van der Waals surface area contributed by atoms with Crippen LogP contribution in [0.4, 0.5) is 0 Å². The van der Waals surface area contributed by atoms with E-state index in [4.69, 9.17) is 10.2 Å². The van der Waals surface area contributed by atoms with E-state index >= 15 is 0 Å². The van der Waals surface area contributed by atoms with Gasteiger partial charge in [0.2, 0.25) is 0 Å². The summed E-state index contributed by atoms with van der Waals surface area (Å²) in [6, 6.07) is 0. The number of allylic oxidation sites excluding steroid dienone is 2. The molecule has 0 spiro atoms. The monoisotopic (exact) mass is 142 g/mol. The van der Waals surface area contributed by atoms with Gasteiger partial charge in [0.05, 0.1) is 12.7 Å². The summed E-state index contributed by atoms with van der Waals surface area (Å²) in [4.78, 5) is 0. The first kappa shape index (κ1) is 9.40. The van der Waals surface area contributed by atoms with E-state index in [1.807, 2.05) is 12.2 Å². The van der Waals surface area contributed by atoms with E-state index in [0.717, 1.165) is 6.42 Å². The van der Waals surface area contributed by atoms with Crippen molar-refractivity contribution < 1.29 is 10.2 Å². The predicted octanol–water partition coefficient (Wildman–Crippen LogP) is 0.862. The van der Waals surface area contributed by atoms with Gasteiger partial charge in [-0.2, -0.15) is 0 Å². The Morgan fingerprint density at radius 3 is 2.50 bits per heavy atom. The summed E-state index contributed by atoms with van der Waals surface area (Å²) in [6.45, 7) is 1.79. The number of hydrogen-bond donors (Lipinski definition) is 2. The van der Waals surface area contributed by atoms with Gasteiger partial charge in [0.1, 0.15) is 0 Å². The van der Waals surface area contributed by atoms with E-state index in [1.165, 1.54) is 0 Å². The molecule has 0 fully saturated rings. The normalized spacial score (nSPS) is 15.1. The maximum absolute atomic E-state index is 8.75. The quantitative estimate of drug-likeness (QED) is 0.571. The Morgan fingerprint density at radius 1 is 1.30 bits per heavy atom. The van der Waals surface area contributed by atoms with E-state index in [1.54, 1.807) is 19.1 Å². The van der Waals surface area contributed by atoms with Crippen molar-refractivity contribution in [2.75, 3.05) is 6.61 Å². The van der Waals surface area contributed by atoms with Crippen molar-refractivity contribution in [3.8, 4) is 0 Å². The Morgan fingerprint density at radius 2 is 2.00 bits per heavy atom. The fourth-order valence-corrected chi connectivity index (χ4v) is 0.525. The first-order chi connectivity index (χ1) is 4.77. The fraction of sp³-hybridized carbons (Fsp3) is 0.500. The van der Waals surface area contributed by atoms with Crippen LogP contribution in [0.2, 0.25) is 0 Å². The molecule has 0 heterocycles.